The van der Waals surface area contributed by atoms with E-state index in [1.54, 1.807) is 5.54 Å². The lowest BCUT2D eigenvalue weighted by Gasteiger charge is -2.35. The van der Waals surface area contributed by atoms with Crippen molar-refractivity contribution in [1.82, 2.24) is 9.80 Å². The minimum Gasteiger partial charge on any atom is -0.368 e. The van der Waals surface area contributed by atoms with E-state index in [0.717, 1.165) is 52.2 Å². The molecule has 0 saturated carbocycles. The number of halogens is 1. The second-order valence-corrected chi connectivity index (χ2v) is 4.74. The molecule has 5 heteroatoms. The van der Waals surface area contributed by atoms with Crippen molar-refractivity contribution in [2.24, 2.45) is 0 Å². The summed E-state index contributed by atoms with van der Waals surface area (Å²) in [6.45, 7) is 5.03. The highest BCUT2D eigenvalue weighted by Gasteiger charge is 2.29. The molecule has 1 unspecified atom stereocenters. The van der Waals surface area contributed by atoms with E-state index in [9.17, 15) is 4.79 Å². The summed E-state index contributed by atoms with van der Waals surface area (Å²) in [5.74, 6) is 0.176. The molecule has 2 saturated heterocycles. The van der Waals surface area contributed by atoms with Crippen molar-refractivity contribution in [2.45, 2.75) is 18.9 Å². The Morgan fingerprint density at radius 1 is 1.35 bits per heavy atom. The molecule has 2 aliphatic heterocycles. The van der Waals surface area contributed by atoms with E-state index in [4.69, 9.17) is 16.3 Å². The first-order chi connectivity index (χ1) is 8.31. The van der Waals surface area contributed by atoms with Gasteiger partial charge in [-0.1, -0.05) is 17.7 Å². The largest absolute Gasteiger partial charge is 0.368 e. The quantitative estimate of drug-likeness (QED) is 0.759. The van der Waals surface area contributed by atoms with Crippen LogP contribution in [-0.2, 0) is 9.53 Å². The summed E-state index contributed by atoms with van der Waals surface area (Å²) in [5.41, 5.74) is 1.55. The predicted octanol–water partition coefficient (Wildman–Crippen LogP) is 1.06. The average molecular weight is 259 g/mol. The molecule has 0 aliphatic carbocycles. The first-order valence-corrected chi connectivity index (χ1v) is 6.63. The van der Waals surface area contributed by atoms with Crippen molar-refractivity contribution < 1.29 is 9.53 Å². The van der Waals surface area contributed by atoms with E-state index in [1.165, 1.54) is 0 Å². The number of rotatable bonds is 3. The minimum atomic E-state index is -0.177. The van der Waals surface area contributed by atoms with Crippen molar-refractivity contribution >= 4 is 17.5 Å². The van der Waals surface area contributed by atoms with Gasteiger partial charge in [0.1, 0.15) is 6.10 Å². The van der Waals surface area contributed by atoms with Gasteiger partial charge in [-0.15, -0.1) is 0 Å². The number of hydrogen-bond donors (Lipinski definition) is 0. The Bertz CT molecular complexity index is 282. The molecule has 4 nitrogen and oxygen atoms in total. The molecular weight excluding hydrogens is 240 g/mol. The number of nitrogens with zero attached hydrogens (tertiary/aromatic N) is 2. The normalized spacial score (nSPS) is 26.9. The van der Waals surface area contributed by atoms with Crippen molar-refractivity contribution in [1.29, 1.82) is 0 Å². The summed E-state index contributed by atoms with van der Waals surface area (Å²) in [4.78, 5) is 16.3. The highest BCUT2D eigenvalue weighted by atomic mass is 35.5. The lowest BCUT2D eigenvalue weighted by molar-refractivity contribution is -0.142. The van der Waals surface area contributed by atoms with Gasteiger partial charge in [-0.25, -0.2) is 0 Å². The first-order valence-electron chi connectivity index (χ1n) is 6.19. The monoisotopic (exact) mass is 258 g/mol. The minimum absolute atomic E-state index is 0.176. The second-order valence-electron chi connectivity index (χ2n) is 4.49. The van der Waals surface area contributed by atoms with E-state index >= 15 is 0 Å². The van der Waals surface area contributed by atoms with E-state index in [-0.39, 0.29) is 12.0 Å². The maximum atomic E-state index is 12.1. The van der Waals surface area contributed by atoms with Crippen LogP contribution in [0.5, 0.6) is 0 Å². The molecule has 2 heterocycles. The number of amides is 1. The van der Waals surface area contributed by atoms with Gasteiger partial charge in [0.15, 0.2) is 0 Å². The number of piperazine rings is 1. The SMILES string of the molecule is O=C(C1CCCO1)N1CCN(C/C=C/Cl)CC1. The number of carbonyl (C=O) groups excluding carboxylic acids is 1. The molecule has 2 fully saturated rings. The third-order valence-electron chi connectivity index (χ3n) is 3.34. The fraction of sp³-hybridized carbons (Fsp3) is 0.750. The standard InChI is InChI=1S/C12H19ClN2O2/c13-4-2-5-14-6-8-15(9-7-14)12(16)11-3-1-10-17-11/h2,4,11H,1,3,5-10H2/b4-2+. The van der Waals surface area contributed by atoms with Crippen LogP contribution < -0.4 is 0 Å². The van der Waals surface area contributed by atoms with Gasteiger partial charge in [0, 0.05) is 44.9 Å². The van der Waals surface area contributed by atoms with Crippen molar-refractivity contribution in [3.05, 3.63) is 11.6 Å². The molecule has 0 spiro atoms. The van der Waals surface area contributed by atoms with Crippen LogP contribution in [0.4, 0.5) is 0 Å². The molecule has 0 aromatic rings. The number of carbonyl (C=O) groups is 1. The third kappa shape index (κ3) is 3.44. The number of hydrogen-bond acceptors (Lipinski definition) is 3. The molecular formula is C12H19ClN2O2. The molecule has 0 radical (unpaired) electrons. The molecule has 96 valence electrons. The molecule has 1 amide bonds. The topological polar surface area (TPSA) is 32.8 Å². The van der Waals surface area contributed by atoms with Gasteiger partial charge in [0.05, 0.1) is 0 Å². The molecule has 0 aromatic carbocycles. The van der Waals surface area contributed by atoms with Gasteiger partial charge < -0.3 is 9.64 Å². The van der Waals surface area contributed by atoms with Crippen LogP contribution in [0.2, 0.25) is 0 Å². The van der Waals surface area contributed by atoms with Crippen LogP contribution in [-0.4, -0.2) is 61.1 Å². The molecule has 0 bridgehead atoms. The van der Waals surface area contributed by atoms with Gasteiger partial charge in [-0.3, -0.25) is 9.69 Å². The van der Waals surface area contributed by atoms with Crippen LogP contribution in [0.25, 0.3) is 0 Å². The predicted molar refractivity (Wildman–Crippen MR) is 67.0 cm³/mol. The van der Waals surface area contributed by atoms with Crippen molar-refractivity contribution in [3.63, 3.8) is 0 Å². The van der Waals surface area contributed by atoms with Crippen LogP contribution >= 0.6 is 11.6 Å². The average Bonchev–Trinajstić information content (AvgIpc) is 2.90. The summed E-state index contributed by atoms with van der Waals surface area (Å²) in [7, 11) is 0. The lowest BCUT2D eigenvalue weighted by Crippen LogP contribution is -2.51. The number of ether oxygens (including phenoxy) is 1. The van der Waals surface area contributed by atoms with Gasteiger partial charge in [0.25, 0.3) is 5.91 Å². The van der Waals surface area contributed by atoms with Crippen LogP contribution in [0.15, 0.2) is 11.6 Å². The molecule has 0 aromatic heterocycles. The fourth-order valence-corrected chi connectivity index (χ4v) is 2.40. The van der Waals surface area contributed by atoms with E-state index in [0.29, 0.717) is 0 Å². The third-order valence-corrected chi connectivity index (χ3v) is 3.52. The Balaban J connectivity index is 1.76. The van der Waals surface area contributed by atoms with E-state index in [2.05, 4.69) is 4.90 Å². The highest BCUT2D eigenvalue weighted by molar-refractivity contribution is 6.25. The zero-order valence-electron chi connectivity index (χ0n) is 9.98. The molecule has 2 rings (SSSR count). The molecule has 0 N–H and O–H groups in total. The molecule has 1 atom stereocenters. The lowest BCUT2D eigenvalue weighted by atomic mass is 10.2. The van der Waals surface area contributed by atoms with Crippen molar-refractivity contribution in [3.8, 4) is 0 Å². The molecule has 2 aliphatic rings. The van der Waals surface area contributed by atoms with Gasteiger partial charge in [-0.05, 0) is 12.8 Å². The van der Waals surface area contributed by atoms with Crippen LogP contribution in [0.1, 0.15) is 12.8 Å². The van der Waals surface area contributed by atoms with Gasteiger partial charge in [-0.2, -0.15) is 0 Å². The first kappa shape index (κ1) is 12.9. The van der Waals surface area contributed by atoms with Gasteiger partial charge >= 0.3 is 0 Å². The smallest absolute Gasteiger partial charge is 0.251 e. The van der Waals surface area contributed by atoms with Crippen LogP contribution in [0.3, 0.4) is 0 Å². The maximum absolute atomic E-state index is 12.1. The van der Waals surface area contributed by atoms with Crippen molar-refractivity contribution in [2.75, 3.05) is 39.3 Å². The van der Waals surface area contributed by atoms with Gasteiger partial charge in [0.2, 0.25) is 0 Å². The Morgan fingerprint density at radius 3 is 2.71 bits per heavy atom. The van der Waals surface area contributed by atoms with E-state index in [1.807, 2.05) is 11.0 Å². The maximum Gasteiger partial charge on any atom is 0.251 e. The zero-order valence-corrected chi connectivity index (χ0v) is 10.7. The summed E-state index contributed by atoms with van der Waals surface area (Å²) in [6.07, 6.45) is 3.65. The summed E-state index contributed by atoms with van der Waals surface area (Å²) < 4.78 is 5.43. The summed E-state index contributed by atoms with van der Waals surface area (Å²) in [5, 5.41) is 0. The fourth-order valence-electron chi connectivity index (χ4n) is 2.32. The van der Waals surface area contributed by atoms with E-state index < -0.39 is 0 Å². The highest BCUT2D eigenvalue weighted by Crippen LogP contribution is 2.15. The summed E-state index contributed by atoms with van der Waals surface area (Å²) in [6, 6.07) is 0. The zero-order chi connectivity index (χ0) is 12.1. The summed E-state index contributed by atoms with van der Waals surface area (Å²) >= 11 is 5.50. The van der Waals surface area contributed by atoms with Crippen LogP contribution in [0, 0.1) is 0 Å². The Hall–Kier alpha value is -0.580. The Morgan fingerprint density at radius 2 is 2.12 bits per heavy atom. The Labute approximate surface area is 107 Å². The Kier molecular flexibility index (Phi) is 4.83. The molecule has 17 heavy (non-hydrogen) atoms. The second kappa shape index (κ2) is 6.38.